The van der Waals surface area contributed by atoms with E-state index in [1.165, 1.54) is 16.8 Å². The van der Waals surface area contributed by atoms with E-state index in [2.05, 4.69) is 44.6 Å². The molecule has 27 heavy (non-hydrogen) atoms. The number of carbonyl (C=O) groups excluding carboxylic acids is 1. The molecule has 4 rings (SSSR count). The number of aryl methyl sites for hydroxylation is 1. The topological polar surface area (TPSA) is 89.1 Å². The standard InChI is InChI=1S/C19H22N6O2/c1-20-19(26)18-21-16(27-23-18)12-25-10-8-14-15(9-11-25)22-24(2)17(14)13-6-4-3-5-7-13/h3-7H,8-12H2,1-2H3,(H,20,26). The van der Waals surface area contributed by atoms with Gasteiger partial charge in [0, 0.05) is 44.7 Å². The highest BCUT2D eigenvalue weighted by atomic mass is 16.5. The van der Waals surface area contributed by atoms with Crippen molar-refractivity contribution in [1.29, 1.82) is 0 Å². The summed E-state index contributed by atoms with van der Waals surface area (Å²) in [6, 6.07) is 10.4. The van der Waals surface area contributed by atoms with Crippen molar-refractivity contribution in [2.75, 3.05) is 20.1 Å². The molecule has 0 bridgehead atoms. The highest BCUT2D eigenvalue weighted by Crippen LogP contribution is 2.28. The zero-order valence-corrected chi connectivity index (χ0v) is 15.5. The van der Waals surface area contributed by atoms with Gasteiger partial charge in [-0.3, -0.25) is 14.4 Å². The number of fused-ring (bicyclic) bond motifs is 1. The molecule has 8 nitrogen and oxygen atoms in total. The lowest BCUT2D eigenvalue weighted by atomic mass is 10.0. The Bertz CT molecular complexity index is 947. The quantitative estimate of drug-likeness (QED) is 0.751. The normalized spacial score (nSPS) is 14.6. The SMILES string of the molecule is CNC(=O)c1noc(CN2CCc3nn(C)c(-c4ccccc4)c3CC2)n1. The van der Waals surface area contributed by atoms with Gasteiger partial charge in [0.15, 0.2) is 0 Å². The molecule has 2 aromatic heterocycles. The van der Waals surface area contributed by atoms with Gasteiger partial charge in [-0.2, -0.15) is 10.1 Å². The third-order valence-corrected chi connectivity index (χ3v) is 4.88. The molecule has 0 radical (unpaired) electrons. The van der Waals surface area contributed by atoms with Crippen molar-refractivity contribution in [2.24, 2.45) is 7.05 Å². The molecule has 0 atom stereocenters. The summed E-state index contributed by atoms with van der Waals surface area (Å²) in [5.74, 6) is 0.182. The molecular formula is C19H22N6O2. The summed E-state index contributed by atoms with van der Waals surface area (Å²) < 4.78 is 7.21. The molecule has 0 saturated heterocycles. The molecule has 1 N–H and O–H groups in total. The zero-order chi connectivity index (χ0) is 18.8. The van der Waals surface area contributed by atoms with Gasteiger partial charge in [-0.15, -0.1) is 0 Å². The maximum absolute atomic E-state index is 11.6. The van der Waals surface area contributed by atoms with E-state index in [9.17, 15) is 4.79 Å². The number of aromatic nitrogens is 4. The Kier molecular flexibility index (Phi) is 4.72. The monoisotopic (exact) mass is 366 g/mol. The van der Waals surface area contributed by atoms with Crippen LogP contribution in [0.5, 0.6) is 0 Å². The van der Waals surface area contributed by atoms with Gasteiger partial charge in [0.25, 0.3) is 11.7 Å². The Morgan fingerprint density at radius 3 is 2.78 bits per heavy atom. The molecule has 1 aliphatic heterocycles. The van der Waals surface area contributed by atoms with Gasteiger partial charge in [-0.25, -0.2) is 0 Å². The van der Waals surface area contributed by atoms with Gasteiger partial charge in [0.05, 0.1) is 17.9 Å². The van der Waals surface area contributed by atoms with Crippen molar-refractivity contribution in [3.8, 4) is 11.3 Å². The average molecular weight is 366 g/mol. The average Bonchev–Trinajstić information content (AvgIpc) is 3.22. The highest BCUT2D eigenvalue weighted by Gasteiger charge is 2.23. The van der Waals surface area contributed by atoms with E-state index in [1.807, 2.05) is 17.8 Å². The number of nitrogens with one attached hydrogen (secondary N) is 1. The largest absolute Gasteiger partial charge is 0.352 e. The first-order valence-corrected chi connectivity index (χ1v) is 9.03. The number of hydrogen-bond acceptors (Lipinski definition) is 6. The predicted octanol–water partition coefficient (Wildman–Crippen LogP) is 1.43. The fourth-order valence-electron chi connectivity index (χ4n) is 3.56. The summed E-state index contributed by atoms with van der Waals surface area (Å²) in [5.41, 5.74) is 4.83. The minimum absolute atomic E-state index is 0.0688. The van der Waals surface area contributed by atoms with Crippen LogP contribution < -0.4 is 5.32 Å². The van der Waals surface area contributed by atoms with Crippen molar-refractivity contribution >= 4 is 5.91 Å². The van der Waals surface area contributed by atoms with E-state index in [0.29, 0.717) is 12.4 Å². The number of amides is 1. The van der Waals surface area contributed by atoms with Gasteiger partial charge in [0.2, 0.25) is 5.89 Å². The molecular weight excluding hydrogens is 344 g/mol. The van der Waals surface area contributed by atoms with E-state index < -0.39 is 0 Å². The van der Waals surface area contributed by atoms with Crippen LogP contribution in [-0.4, -0.2) is 50.9 Å². The Morgan fingerprint density at radius 1 is 1.22 bits per heavy atom. The molecule has 0 aliphatic carbocycles. The third kappa shape index (κ3) is 3.48. The Morgan fingerprint density at radius 2 is 2.00 bits per heavy atom. The molecule has 8 heteroatoms. The molecule has 3 heterocycles. The molecule has 0 fully saturated rings. The minimum atomic E-state index is -0.342. The van der Waals surface area contributed by atoms with Crippen LogP contribution in [0.2, 0.25) is 0 Å². The third-order valence-electron chi connectivity index (χ3n) is 4.88. The van der Waals surface area contributed by atoms with Crippen LogP contribution in [0.1, 0.15) is 27.8 Å². The number of rotatable bonds is 4. The van der Waals surface area contributed by atoms with Crippen LogP contribution >= 0.6 is 0 Å². The van der Waals surface area contributed by atoms with Crippen LogP contribution in [-0.2, 0) is 26.4 Å². The number of hydrogen-bond donors (Lipinski definition) is 1. The lowest BCUT2D eigenvalue weighted by Crippen LogP contribution is -2.26. The molecule has 0 spiro atoms. The van der Waals surface area contributed by atoms with Gasteiger partial charge in [0.1, 0.15) is 0 Å². The van der Waals surface area contributed by atoms with Crippen LogP contribution in [0.3, 0.4) is 0 Å². The Hall–Kier alpha value is -3.00. The fourth-order valence-corrected chi connectivity index (χ4v) is 3.56. The lowest BCUT2D eigenvalue weighted by Gasteiger charge is -2.17. The molecule has 140 valence electrons. The first-order chi connectivity index (χ1) is 13.2. The van der Waals surface area contributed by atoms with Crippen LogP contribution in [0, 0.1) is 0 Å². The second kappa shape index (κ2) is 7.32. The summed E-state index contributed by atoms with van der Waals surface area (Å²) >= 11 is 0. The van der Waals surface area contributed by atoms with Crippen LogP contribution in [0.25, 0.3) is 11.3 Å². The molecule has 1 amide bonds. The van der Waals surface area contributed by atoms with Crippen molar-refractivity contribution in [2.45, 2.75) is 19.4 Å². The fraction of sp³-hybridized carbons (Fsp3) is 0.368. The van der Waals surface area contributed by atoms with Crippen molar-refractivity contribution < 1.29 is 9.32 Å². The smallest absolute Gasteiger partial charge is 0.292 e. The number of carbonyl (C=O) groups is 1. The second-order valence-electron chi connectivity index (χ2n) is 6.63. The van der Waals surface area contributed by atoms with Crippen LogP contribution in [0.15, 0.2) is 34.9 Å². The van der Waals surface area contributed by atoms with Gasteiger partial charge in [-0.1, -0.05) is 35.5 Å². The first kappa shape index (κ1) is 17.4. The molecule has 0 saturated carbocycles. The second-order valence-corrected chi connectivity index (χ2v) is 6.63. The van der Waals surface area contributed by atoms with Crippen molar-refractivity contribution in [3.05, 3.63) is 53.3 Å². The lowest BCUT2D eigenvalue weighted by molar-refractivity contribution is 0.0950. The summed E-state index contributed by atoms with van der Waals surface area (Å²) in [6.07, 6.45) is 1.77. The predicted molar refractivity (Wildman–Crippen MR) is 99.0 cm³/mol. The van der Waals surface area contributed by atoms with Gasteiger partial charge < -0.3 is 9.84 Å². The van der Waals surface area contributed by atoms with Gasteiger partial charge in [-0.05, 0) is 6.42 Å². The zero-order valence-electron chi connectivity index (χ0n) is 15.5. The van der Waals surface area contributed by atoms with Crippen LogP contribution in [0.4, 0.5) is 0 Å². The molecule has 1 aromatic carbocycles. The minimum Gasteiger partial charge on any atom is -0.352 e. The maximum Gasteiger partial charge on any atom is 0.292 e. The van der Waals surface area contributed by atoms with Gasteiger partial charge >= 0.3 is 0 Å². The molecule has 3 aromatic rings. The summed E-state index contributed by atoms with van der Waals surface area (Å²) in [7, 11) is 3.55. The maximum atomic E-state index is 11.6. The Balaban J connectivity index is 1.50. The Labute approximate surface area is 157 Å². The molecule has 1 aliphatic rings. The van der Waals surface area contributed by atoms with E-state index in [0.717, 1.165) is 31.6 Å². The summed E-state index contributed by atoms with van der Waals surface area (Å²) in [4.78, 5) is 18.0. The first-order valence-electron chi connectivity index (χ1n) is 9.03. The van der Waals surface area contributed by atoms with E-state index in [1.54, 1.807) is 7.05 Å². The summed E-state index contributed by atoms with van der Waals surface area (Å²) in [6.45, 7) is 2.26. The van der Waals surface area contributed by atoms with Crippen molar-refractivity contribution in [3.63, 3.8) is 0 Å². The highest BCUT2D eigenvalue weighted by molar-refractivity contribution is 5.89. The summed E-state index contributed by atoms with van der Waals surface area (Å²) in [5, 5.41) is 11.0. The van der Waals surface area contributed by atoms with Crippen molar-refractivity contribution in [1.82, 2.24) is 30.1 Å². The number of nitrogens with zero attached hydrogens (tertiary/aromatic N) is 5. The van der Waals surface area contributed by atoms with E-state index in [-0.39, 0.29) is 11.7 Å². The van der Waals surface area contributed by atoms with E-state index in [4.69, 9.17) is 9.62 Å². The van der Waals surface area contributed by atoms with E-state index >= 15 is 0 Å². The number of benzene rings is 1. The molecule has 0 unspecified atom stereocenters.